The molecule has 0 spiro atoms. The Kier molecular flexibility index (Phi) is 8.20. The average Bonchev–Trinajstić information content (AvgIpc) is 3.41. The Labute approximate surface area is 246 Å². The van der Waals surface area contributed by atoms with Gasteiger partial charge in [-0.15, -0.1) is 10.2 Å². The highest BCUT2D eigenvalue weighted by molar-refractivity contribution is 9.10. The molecule has 13 heteroatoms. The Morgan fingerprint density at radius 1 is 1.32 bits per heavy atom. The number of anilines is 2. The number of nitriles is 1. The van der Waals surface area contributed by atoms with Gasteiger partial charge in [0.05, 0.1) is 36.1 Å². The fourth-order valence-electron chi connectivity index (χ4n) is 4.76. The second kappa shape index (κ2) is 11.8. The van der Waals surface area contributed by atoms with Gasteiger partial charge in [0.25, 0.3) is 0 Å². The second-order valence-electron chi connectivity index (χ2n) is 8.87. The Morgan fingerprint density at radius 3 is 2.90 bits per heavy atom. The molecule has 2 heterocycles. The molecule has 1 aliphatic heterocycles. The zero-order valence-corrected chi connectivity index (χ0v) is 24.3. The van der Waals surface area contributed by atoms with Crippen molar-refractivity contribution in [3.8, 4) is 11.8 Å². The van der Waals surface area contributed by atoms with E-state index in [1.54, 1.807) is 35.2 Å². The van der Waals surface area contributed by atoms with Crippen molar-refractivity contribution in [3.63, 3.8) is 0 Å². The van der Waals surface area contributed by atoms with E-state index in [1.807, 2.05) is 6.07 Å². The largest absolute Gasteiger partial charge is 0.495 e. The standard InChI is InChI=1S/C27H22BrFN6O3S2/c1-38-21-8-3-2-5-18(21)32-22(37)13-39-27-34-33-26(40-27)35-19-6-4-7-20(36)24(19)23(16(12-30)25(35)31)15-11-14(28)9-10-17(15)29/h2-3,5,8-11,23H,4,6-7,13,31H2,1H3,(H,32,37). The predicted molar refractivity (Wildman–Crippen MR) is 154 cm³/mol. The normalized spacial score (nSPS) is 17.0. The Bertz CT molecular complexity index is 1620. The van der Waals surface area contributed by atoms with Gasteiger partial charge in [-0.3, -0.25) is 14.5 Å². The number of benzene rings is 2. The molecule has 0 fully saturated rings. The lowest BCUT2D eigenvalue weighted by atomic mass is 9.75. The van der Waals surface area contributed by atoms with Gasteiger partial charge >= 0.3 is 0 Å². The number of nitrogens with two attached hydrogens (primary N) is 1. The molecule has 0 radical (unpaired) electrons. The predicted octanol–water partition coefficient (Wildman–Crippen LogP) is 5.48. The van der Waals surface area contributed by atoms with E-state index in [0.717, 1.165) is 0 Å². The van der Waals surface area contributed by atoms with E-state index in [1.165, 1.54) is 36.3 Å². The molecule has 1 atom stereocenters. The summed E-state index contributed by atoms with van der Waals surface area (Å²) >= 11 is 5.74. The van der Waals surface area contributed by atoms with Crippen molar-refractivity contribution in [2.24, 2.45) is 5.73 Å². The summed E-state index contributed by atoms with van der Waals surface area (Å²) in [5, 5.41) is 21.8. The lowest BCUT2D eigenvalue weighted by Crippen LogP contribution is -2.38. The number of aromatic nitrogens is 2. The van der Waals surface area contributed by atoms with Crippen LogP contribution in [0.1, 0.15) is 30.7 Å². The fraction of sp³-hybridized carbons (Fsp3) is 0.222. The number of allylic oxidation sites excluding steroid dienone is 3. The fourth-order valence-corrected chi connectivity index (χ4v) is 6.82. The first-order valence-corrected chi connectivity index (χ1v) is 14.7. The summed E-state index contributed by atoms with van der Waals surface area (Å²) < 4.78 is 21.4. The summed E-state index contributed by atoms with van der Waals surface area (Å²) in [6, 6.07) is 13.6. The molecule has 5 rings (SSSR count). The van der Waals surface area contributed by atoms with Crippen LogP contribution in [0.5, 0.6) is 5.75 Å². The summed E-state index contributed by atoms with van der Waals surface area (Å²) in [6.07, 6.45) is 1.37. The highest BCUT2D eigenvalue weighted by atomic mass is 79.9. The highest BCUT2D eigenvalue weighted by Crippen LogP contribution is 2.48. The average molecular weight is 642 g/mol. The number of carbonyl (C=O) groups excluding carboxylic acids is 2. The van der Waals surface area contributed by atoms with E-state index in [0.29, 0.717) is 49.5 Å². The van der Waals surface area contributed by atoms with Gasteiger partial charge in [0.1, 0.15) is 17.4 Å². The van der Waals surface area contributed by atoms with E-state index in [4.69, 9.17) is 10.5 Å². The summed E-state index contributed by atoms with van der Waals surface area (Å²) in [5.41, 5.74) is 8.28. The van der Waals surface area contributed by atoms with Crippen LogP contribution in [0.2, 0.25) is 0 Å². The van der Waals surface area contributed by atoms with E-state index in [9.17, 15) is 14.9 Å². The summed E-state index contributed by atoms with van der Waals surface area (Å²) in [5.74, 6) is -1.19. The molecule has 0 saturated carbocycles. The van der Waals surface area contributed by atoms with Gasteiger partial charge in [-0.05, 0) is 43.2 Å². The number of Topliss-reactive ketones (excluding diaryl/α,β-unsaturated/α-hetero) is 1. The first kappa shape index (κ1) is 27.8. The van der Waals surface area contributed by atoms with Gasteiger partial charge in [-0.25, -0.2) is 4.39 Å². The topological polar surface area (TPSA) is 134 Å². The van der Waals surface area contributed by atoms with Crippen LogP contribution < -0.4 is 20.7 Å². The maximum Gasteiger partial charge on any atom is 0.234 e. The number of ether oxygens (including phenoxy) is 1. The van der Waals surface area contributed by atoms with Crippen molar-refractivity contribution in [1.82, 2.24) is 10.2 Å². The number of hydrogen-bond donors (Lipinski definition) is 2. The summed E-state index contributed by atoms with van der Waals surface area (Å²) in [6.45, 7) is 0. The molecular formula is C27H22BrFN6O3S2. The molecule has 0 bridgehead atoms. The minimum atomic E-state index is -0.929. The van der Waals surface area contributed by atoms with Gasteiger partial charge in [-0.1, -0.05) is 51.2 Å². The molecule has 9 nitrogen and oxygen atoms in total. The summed E-state index contributed by atoms with van der Waals surface area (Å²) in [7, 11) is 1.53. The smallest absolute Gasteiger partial charge is 0.234 e. The van der Waals surface area contributed by atoms with Gasteiger partial charge < -0.3 is 15.8 Å². The molecule has 2 aromatic carbocycles. The van der Waals surface area contributed by atoms with Crippen LogP contribution >= 0.6 is 39.0 Å². The Morgan fingerprint density at radius 2 is 2.12 bits per heavy atom. The van der Waals surface area contributed by atoms with Gasteiger partial charge in [0.2, 0.25) is 11.0 Å². The zero-order chi connectivity index (χ0) is 28.4. The molecule has 2 aliphatic rings. The minimum absolute atomic E-state index is 0.0617. The number of thioether (sulfide) groups is 1. The highest BCUT2D eigenvalue weighted by Gasteiger charge is 2.42. The third-order valence-corrected chi connectivity index (χ3v) is 9.01. The quantitative estimate of drug-likeness (QED) is 0.322. The van der Waals surface area contributed by atoms with Crippen LogP contribution in [0.4, 0.5) is 15.2 Å². The van der Waals surface area contributed by atoms with Crippen LogP contribution in [-0.4, -0.2) is 34.8 Å². The van der Waals surface area contributed by atoms with Crippen molar-refractivity contribution in [2.75, 3.05) is 23.1 Å². The number of para-hydroxylation sites is 2. The molecule has 3 N–H and O–H groups in total. The van der Waals surface area contributed by atoms with E-state index in [-0.39, 0.29) is 40.8 Å². The molecule has 1 unspecified atom stereocenters. The van der Waals surface area contributed by atoms with E-state index < -0.39 is 11.7 Å². The van der Waals surface area contributed by atoms with Crippen molar-refractivity contribution < 1.29 is 18.7 Å². The van der Waals surface area contributed by atoms with Crippen molar-refractivity contribution >= 4 is 61.5 Å². The van der Waals surface area contributed by atoms with Crippen LogP contribution in [0.15, 0.2) is 73.9 Å². The first-order valence-electron chi connectivity index (χ1n) is 12.1. The number of carbonyl (C=O) groups is 2. The lowest BCUT2D eigenvalue weighted by molar-refractivity contribution is -0.116. The second-order valence-corrected chi connectivity index (χ2v) is 12.0. The molecular weight excluding hydrogens is 619 g/mol. The van der Waals surface area contributed by atoms with Crippen LogP contribution in [-0.2, 0) is 9.59 Å². The van der Waals surface area contributed by atoms with Gasteiger partial charge in [0.15, 0.2) is 10.1 Å². The van der Waals surface area contributed by atoms with Crippen molar-refractivity contribution in [3.05, 3.63) is 81.0 Å². The number of ketones is 1. The third kappa shape index (κ3) is 5.34. The number of nitrogens with one attached hydrogen (secondary N) is 1. The van der Waals surface area contributed by atoms with Crippen LogP contribution in [0, 0.1) is 17.1 Å². The molecule has 3 aromatic rings. The number of methoxy groups -OCH3 is 1. The number of hydrogen-bond acceptors (Lipinski definition) is 10. The molecule has 0 saturated heterocycles. The van der Waals surface area contributed by atoms with Crippen LogP contribution in [0.3, 0.4) is 0 Å². The summed E-state index contributed by atoms with van der Waals surface area (Å²) in [4.78, 5) is 27.4. The minimum Gasteiger partial charge on any atom is -0.495 e. The van der Waals surface area contributed by atoms with Crippen molar-refractivity contribution in [2.45, 2.75) is 29.5 Å². The lowest BCUT2D eigenvalue weighted by Gasteiger charge is -2.38. The Balaban J connectivity index is 1.44. The SMILES string of the molecule is COc1ccccc1NC(=O)CSc1nnc(N2C(N)=C(C#N)C(c3cc(Br)ccc3F)C3=C2CCCC3=O)s1. The van der Waals surface area contributed by atoms with Crippen LogP contribution in [0.25, 0.3) is 0 Å². The van der Waals surface area contributed by atoms with Crippen molar-refractivity contribution in [1.29, 1.82) is 5.26 Å². The monoisotopic (exact) mass is 640 g/mol. The number of amides is 1. The Hall–Kier alpha value is -3.73. The first-order chi connectivity index (χ1) is 19.3. The molecule has 1 aromatic heterocycles. The number of halogens is 2. The number of nitrogens with zero attached hydrogens (tertiary/aromatic N) is 4. The third-order valence-electron chi connectivity index (χ3n) is 6.48. The molecule has 40 heavy (non-hydrogen) atoms. The maximum absolute atomic E-state index is 15.0. The molecule has 1 amide bonds. The maximum atomic E-state index is 15.0. The number of rotatable bonds is 7. The molecule has 1 aliphatic carbocycles. The van der Waals surface area contributed by atoms with E-state index >= 15 is 4.39 Å². The van der Waals surface area contributed by atoms with E-state index in [2.05, 4.69) is 37.5 Å². The van der Waals surface area contributed by atoms with Gasteiger partial charge in [-0.2, -0.15) is 5.26 Å². The zero-order valence-electron chi connectivity index (χ0n) is 21.1. The molecule has 204 valence electrons. The van der Waals surface area contributed by atoms with Gasteiger partial charge in [0, 0.05) is 27.7 Å².